The summed E-state index contributed by atoms with van der Waals surface area (Å²) in [5, 5.41) is 3.17. The third-order valence-corrected chi connectivity index (χ3v) is 4.56. The van der Waals surface area contributed by atoms with Crippen LogP contribution in [0, 0.1) is 0 Å². The van der Waals surface area contributed by atoms with Crippen molar-refractivity contribution in [1.29, 1.82) is 0 Å². The lowest BCUT2D eigenvalue weighted by Crippen LogP contribution is -2.52. The van der Waals surface area contributed by atoms with E-state index >= 15 is 0 Å². The van der Waals surface area contributed by atoms with Gasteiger partial charge in [0.15, 0.2) is 0 Å². The fraction of sp³-hybridized carbons (Fsp3) is 0.588. The van der Waals surface area contributed by atoms with Gasteiger partial charge in [-0.2, -0.15) is 13.2 Å². The van der Waals surface area contributed by atoms with Crippen molar-refractivity contribution >= 4 is 5.91 Å². The maximum absolute atomic E-state index is 12.9. The largest absolute Gasteiger partial charge is 0.416 e. The van der Waals surface area contributed by atoms with Gasteiger partial charge in [0.25, 0.3) is 0 Å². The fourth-order valence-corrected chi connectivity index (χ4v) is 3.00. The Morgan fingerprint density at radius 2 is 1.91 bits per heavy atom. The van der Waals surface area contributed by atoms with Crippen LogP contribution >= 0.6 is 0 Å². The van der Waals surface area contributed by atoms with Crippen molar-refractivity contribution in [1.82, 2.24) is 10.2 Å². The highest BCUT2D eigenvalue weighted by Crippen LogP contribution is 2.34. The Morgan fingerprint density at radius 3 is 2.52 bits per heavy atom. The van der Waals surface area contributed by atoms with Gasteiger partial charge in [0.1, 0.15) is 0 Å². The summed E-state index contributed by atoms with van der Waals surface area (Å²) in [6.45, 7) is 4.62. The third-order valence-electron chi connectivity index (χ3n) is 4.56. The maximum atomic E-state index is 12.9. The van der Waals surface area contributed by atoms with Crippen molar-refractivity contribution in [3.63, 3.8) is 0 Å². The highest BCUT2D eigenvalue weighted by atomic mass is 19.4. The number of hydrogen-bond acceptors (Lipinski definition) is 2. The van der Waals surface area contributed by atoms with Gasteiger partial charge in [-0.05, 0) is 45.4 Å². The molecule has 1 N–H and O–H groups in total. The van der Waals surface area contributed by atoms with Crippen LogP contribution < -0.4 is 5.32 Å². The molecule has 23 heavy (non-hydrogen) atoms. The topological polar surface area (TPSA) is 32.3 Å². The van der Waals surface area contributed by atoms with Crippen molar-refractivity contribution in [2.75, 3.05) is 20.1 Å². The summed E-state index contributed by atoms with van der Waals surface area (Å²) in [4.78, 5) is 14.6. The second-order valence-corrected chi connectivity index (χ2v) is 6.58. The molecule has 1 aromatic carbocycles. The summed E-state index contributed by atoms with van der Waals surface area (Å²) in [7, 11) is 1.86. The molecule has 128 valence electrons. The summed E-state index contributed by atoms with van der Waals surface area (Å²) < 4.78 is 38.7. The van der Waals surface area contributed by atoms with Gasteiger partial charge in [0.2, 0.25) is 5.91 Å². The Morgan fingerprint density at radius 1 is 1.26 bits per heavy atom. The van der Waals surface area contributed by atoms with Crippen LogP contribution in [0.5, 0.6) is 0 Å². The third kappa shape index (κ3) is 3.86. The molecule has 1 unspecified atom stereocenters. The van der Waals surface area contributed by atoms with E-state index in [0.717, 1.165) is 25.0 Å². The number of nitrogens with zero attached hydrogens (tertiary/aromatic N) is 1. The number of halogens is 3. The molecule has 1 fully saturated rings. The minimum atomic E-state index is -4.41. The Hall–Kier alpha value is -1.56. The Bertz CT molecular complexity index is 569. The fourth-order valence-electron chi connectivity index (χ4n) is 3.00. The van der Waals surface area contributed by atoms with Crippen LogP contribution in [-0.4, -0.2) is 37.0 Å². The molecule has 0 aromatic heterocycles. The zero-order valence-corrected chi connectivity index (χ0v) is 13.7. The molecular weight excluding hydrogens is 305 g/mol. The highest BCUT2D eigenvalue weighted by molar-refractivity contribution is 5.87. The number of amides is 1. The first-order valence-corrected chi connectivity index (χ1v) is 7.80. The normalized spacial score (nSPS) is 19.7. The number of alkyl halides is 3. The Kier molecular flexibility index (Phi) is 5.04. The van der Waals surface area contributed by atoms with Gasteiger partial charge in [-0.15, -0.1) is 0 Å². The van der Waals surface area contributed by atoms with E-state index < -0.39 is 17.2 Å². The monoisotopic (exact) mass is 328 g/mol. The molecule has 1 heterocycles. The summed E-state index contributed by atoms with van der Waals surface area (Å²) in [6.07, 6.45) is -2.50. The minimum absolute atomic E-state index is 0.128. The minimum Gasteiger partial charge on any atom is -0.340 e. The van der Waals surface area contributed by atoms with E-state index in [0.29, 0.717) is 18.7 Å². The Balaban J connectivity index is 2.25. The summed E-state index contributed by atoms with van der Waals surface area (Å²) >= 11 is 0. The number of piperidine rings is 1. The maximum Gasteiger partial charge on any atom is 0.416 e. The molecule has 1 aromatic rings. The molecule has 0 bridgehead atoms. The molecule has 0 radical (unpaired) electrons. The lowest BCUT2D eigenvalue weighted by atomic mass is 9.82. The van der Waals surface area contributed by atoms with Gasteiger partial charge in [-0.3, -0.25) is 4.79 Å². The molecule has 1 amide bonds. The molecule has 1 aliphatic rings. The first-order chi connectivity index (χ1) is 10.7. The van der Waals surface area contributed by atoms with Crippen molar-refractivity contribution in [3.05, 3.63) is 35.4 Å². The number of hydrogen-bond donors (Lipinski definition) is 1. The number of nitrogens with one attached hydrogen (secondary N) is 1. The van der Waals surface area contributed by atoms with E-state index in [4.69, 9.17) is 0 Å². The number of carbonyl (C=O) groups excluding carboxylic acids is 1. The van der Waals surface area contributed by atoms with E-state index in [-0.39, 0.29) is 11.9 Å². The Labute approximate surface area is 134 Å². The van der Waals surface area contributed by atoms with E-state index in [1.54, 1.807) is 24.8 Å². The van der Waals surface area contributed by atoms with Crippen LogP contribution in [0.25, 0.3) is 0 Å². The summed E-state index contributed by atoms with van der Waals surface area (Å²) in [5.74, 6) is -0.128. The SMILES string of the molecule is CNC1CCCN(C(=O)C(C)(C)c2cccc(C(F)(F)F)c2)C1. The van der Waals surface area contributed by atoms with Gasteiger partial charge in [0, 0.05) is 19.1 Å². The molecule has 1 saturated heterocycles. The number of likely N-dealkylation sites (N-methyl/N-ethyl adjacent to an activating group) is 1. The van der Waals surface area contributed by atoms with Crippen molar-refractivity contribution in [2.24, 2.45) is 0 Å². The number of carbonyl (C=O) groups is 1. The number of rotatable bonds is 3. The molecule has 1 aliphatic heterocycles. The van der Waals surface area contributed by atoms with Gasteiger partial charge in [-0.1, -0.05) is 18.2 Å². The van der Waals surface area contributed by atoms with Crippen LogP contribution in [0.15, 0.2) is 24.3 Å². The second-order valence-electron chi connectivity index (χ2n) is 6.58. The smallest absolute Gasteiger partial charge is 0.340 e. The van der Waals surface area contributed by atoms with E-state index in [1.165, 1.54) is 6.07 Å². The van der Waals surface area contributed by atoms with Crippen LogP contribution in [0.3, 0.4) is 0 Å². The van der Waals surface area contributed by atoms with E-state index in [2.05, 4.69) is 5.32 Å². The number of benzene rings is 1. The van der Waals surface area contributed by atoms with Crippen LogP contribution in [0.4, 0.5) is 13.2 Å². The average Bonchev–Trinajstić information content (AvgIpc) is 2.53. The predicted octanol–water partition coefficient (Wildman–Crippen LogP) is 3.19. The van der Waals surface area contributed by atoms with E-state index in [1.807, 2.05) is 7.05 Å². The van der Waals surface area contributed by atoms with E-state index in [9.17, 15) is 18.0 Å². The van der Waals surface area contributed by atoms with Gasteiger partial charge >= 0.3 is 6.18 Å². The zero-order chi connectivity index (χ0) is 17.3. The molecule has 3 nitrogen and oxygen atoms in total. The van der Waals surface area contributed by atoms with Crippen molar-refractivity contribution < 1.29 is 18.0 Å². The standard InChI is InChI=1S/C17H23F3N2O/c1-16(2,12-6-4-7-13(10-12)17(18,19)20)15(23)22-9-5-8-14(11-22)21-3/h4,6-7,10,14,21H,5,8-9,11H2,1-3H3. The van der Waals surface area contributed by atoms with Crippen LogP contribution in [-0.2, 0) is 16.4 Å². The lowest BCUT2D eigenvalue weighted by molar-refractivity contribution is -0.139. The molecule has 1 atom stereocenters. The molecular formula is C17H23F3N2O. The lowest BCUT2D eigenvalue weighted by Gasteiger charge is -2.38. The molecule has 0 spiro atoms. The van der Waals surface area contributed by atoms with Crippen LogP contribution in [0.2, 0.25) is 0 Å². The molecule has 2 rings (SSSR count). The summed E-state index contributed by atoms with van der Waals surface area (Å²) in [6, 6.07) is 5.30. The first-order valence-electron chi connectivity index (χ1n) is 7.80. The van der Waals surface area contributed by atoms with Gasteiger partial charge in [0.05, 0.1) is 11.0 Å². The second kappa shape index (κ2) is 6.51. The van der Waals surface area contributed by atoms with Crippen LogP contribution in [0.1, 0.15) is 37.8 Å². The molecule has 0 aliphatic carbocycles. The number of likely N-dealkylation sites (tertiary alicyclic amines) is 1. The molecule has 6 heteroatoms. The first kappa shape index (κ1) is 17.8. The van der Waals surface area contributed by atoms with Crippen molar-refractivity contribution in [2.45, 2.75) is 44.3 Å². The van der Waals surface area contributed by atoms with Gasteiger partial charge < -0.3 is 10.2 Å². The van der Waals surface area contributed by atoms with Crippen molar-refractivity contribution in [3.8, 4) is 0 Å². The van der Waals surface area contributed by atoms with Gasteiger partial charge in [-0.25, -0.2) is 0 Å². The average molecular weight is 328 g/mol. The quantitative estimate of drug-likeness (QED) is 0.924. The summed E-state index contributed by atoms with van der Waals surface area (Å²) in [5.41, 5.74) is -1.32. The highest BCUT2D eigenvalue weighted by Gasteiger charge is 2.38. The predicted molar refractivity (Wildman–Crippen MR) is 83.1 cm³/mol. The molecule has 0 saturated carbocycles. The zero-order valence-electron chi connectivity index (χ0n) is 13.7.